The van der Waals surface area contributed by atoms with Gasteiger partial charge in [0.25, 0.3) is 0 Å². The molecule has 0 atom stereocenters. The molecule has 0 aliphatic carbocycles. The molecule has 25 heavy (non-hydrogen) atoms. The van der Waals surface area contributed by atoms with Gasteiger partial charge in [-0.3, -0.25) is 0 Å². The molecule has 1 N–H and O–H groups in total. The molecule has 1 aliphatic heterocycles. The number of likely N-dealkylation sites (tertiary alicyclic amines) is 1. The van der Waals surface area contributed by atoms with E-state index in [0.717, 1.165) is 37.4 Å². The lowest BCUT2D eigenvalue weighted by Crippen LogP contribution is -2.49. The van der Waals surface area contributed by atoms with Gasteiger partial charge in [0.15, 0.2) is 0 Å². The van der Waals surface area contributed by atoms with Crippen molar-refractivity contribution in [2.75, 3.05) is 20.1 Å². The van der Waals surface area contributed by atoms with Gasteiger partial charge in [-0.25, -0.2) is 4.79 Å². The van der Waals surface area contributed by atoms with E-state index in [1.807, 2.05) is 24.1 Å². The van der Waals surface area contributed by atoms with E-state index in [2.05, 4.69) is 40.9 Å². The van der Waals surface area contributed by atoms with Crippen molar-refractivity contribution >= 4 is 6.03 Å². The molecule has 0 spiro atoms. The van der Waals surface area contributed by atoms with Crippen LogP contribution in [0.3, 0.4) is 0 Å². The molecule has 6 nitrogen and oxygen atoms in total. The van der Waals surface area contributed by atoms with Gasteiger partial charge in [-0.15, -0.1) is 0 Å². The Morgan fingerprint density at radius 2 is 2.04 bits per heavy atom. The summed E-state index contributed by atoms with van der Waals surface area (Å²) in [5, 5.41) is 3.09. The molecule has 2 amide bonds. The Balaban J connectivity index is 1.66. The molecule has 1 saturated heterocycles. The average Bonchev–Trinajstić information content (AvgIpc) is 3.23. The fourth-order valence-electron chi connectivity index (χ4n) is 3.36. The second-order valence-corrected chi connectivity index (χ2v) is 6.93. The van der Waals surface area contributed by atoms with Crippen molar-refractivity contribution in [3.63, 3.8) is 0 Å². The van der Waals surface area contributed by atoms with E-state index in [-0.39, 0.29) is 12.1 Å². The van der Waals surface area contributed by atoms with Crippen LogP contribution in [-0.2, 0) is 20.1 Å². The summed E-state index contributed by atoms with van der Waals surface area (Å²) in [6.07, 6.45) is 3.65. The van der Waals surface area contributed by atoms with Gasteiger partial charge >= 0.3 is 6.03 Å². The smallest absolute Gasteiger partial charge is 0.318 e. The van der Waals surface area contributed by atoms with Crippen LogP contribution in [0.15, 0.2) is 34.9 Å². The minimum Gasteiger partial charge on any atom is -0.467 e. The molecular weight excluding hydrogens is 316 g/mol. The summed E-state index contributed by atoms with van der Waals surface area (Å²) in [4.78, 5) is 17.1. The van der Waals surface area contributed by atoms with Crippen LogP contribution in [0.5, 0.6) is 0 Å². The van der Waals surface area contributed by atoms with Crippen LogP contribution < -0.4 is 5.32 Å². The topological polar surface area (TPSA) is 53.7 Å². The number of carbonyl (C=O) groups is 1. The second-order valence-electron chi connectivity index (χ2n) is 6.93. The standard InChI is InChI=1S/C19H28N4O2/c1-15-6-7-17(22(15)3)13-20-19(24)23(14-18-5-4-12-25-18)16-8-10-21(2)11-9-16/h4-7,12,16H,8-11,13-14H2,1-3H3,(H,20,24). The van der Waals surface area contributed by atoms with Gasteiger partial charge in [-0.2, -0.15) is 0 Å². The van der Waals surface area contributed by atoms with Crippen LogP contribution in [0.4, 0.5) is 4.79 Å². The van der Waals surface area contributed by atoms with Crippen molar-refractivity contribution in [2.45, 2.75) is 38.9 Å². The first kappa shape index (κ1) is 17.6. The first-order chi connectivity index (χ1) is 12.0. The zero-order valence-electron chi connectivity index (χ0n) is 15.4. The molecule has 136 valence electrons. The summed E-state index contributed by atoms with van der Waals surface area (Å²) < 4.78 is 7.58. The fourth-order valence-corrected chi connectivity index (χ4v) is 3.36. The number of urea groups is 1. The molecule has 0 saturated carbocycles. The molecule has 1 fully saturated rings. The third kappa shape index (κ3) is 4.25. The lowest BCUT2D eigenvalue weighted by atomic mass is 10.0. The highest BCUT2D eigenvalue weighted by atomic mass is 16.3. The summed E-state index contributed by atoms with van der Waals surface area (Å²) in [6, 6.07) is 8.14. The molecular formula is C19H28N4O2. The number of hydrogen-bond donors (Lipinski definition) is 1. The van der Waals surface area contributed by atoms with E-state index in [1.54, 1.807) is 6.26 Å². The maximum atomic E-state index is 12.9. The van der Waals surface area contributed by atoms with E-state index in [1.165, 1.54) is 5.69 Å². The van der Waals surface area contributed by atoms with Gasteiger partial charge in [0.2, 0.25) is 0 Å². The van der Waals surface area contributed by atoms with Gasteiger partial charge in [-0.1, -0.05) is 0 Å². The summed E-state index contributed by atoms with van der Waals surface area (Å²) in [6.45, 7) is 5.14. The summed E-state index contributed by atoms with van der Waals surface area (Å²) >= 11 is 0. The van der Waals surface area contributed by atoms with Gasteiger partial charge in [0, 0.05) is 24.5 Å². The Morgan fingerprint density at radius 1 is 1.28 bits per heavy atom. The normalized spacial score (nSPS) is 16.1. The van der Waals surface area contributed by atoms with Crippen molar-refractivity contribution in [1.29, 1.82) is 0 Å². The van der Waals surface area contributed by atoms with Crippen LogP contribution in [0.2, 0.25) is 0 Å². The zero-order valence-corrected chi connectivity index (χ0v) is 15.4. The predicted molar refractivity (Wildman–Crippen MR) is 97.2 cm³/mol. The molecule has 0 aromatic carbocycles. The van der Waals surface area contributed by atoms with Crippen molar-refractivity contribution < 1.29 is 9.21 Å². The molecule has 3 rings (SSSR count). The number of aryl methyl sites for hydroxylation is 1. The first-order valence-corrected chi connectivity index (χ1v) is 8.91. The quantitative estimate of drug-likeness (QED) is 0.907. The van der Waals surface area contributed by atoms with Crippen LogP contribution in [-0.4, -0.2) is 46.6 Å². The number of carbonyl (C=O) groups excluding carboxylic acids is 1. The Hall–Kier alpha value is -2.21. The van der Waals surface area contributed by atoms with Gasteiger partial charge in [0.1, 0.15) is 5.76 Å². The number of nitrogens with one attached hydrogen (secondary N) is 1. The Morgan fingerprint density at radius 3 is 2.64 bits per heavy atom. The van der Waals surface area contributed by atoms with Crippen LogP contribution in [0.1, 0.15) is 30.0 Å². The molecule has 6 heteroatoms. The molecule has 1 aliphatic rings. The maximum absolute atomic E-state index is 12.9. The van der Waals surface area contributed by atoms with Crippen molar-refractivity contribution in [2.24, 2.45) is 7.05 Å². The number of hydrogen-bond acceptors (Lipinski definition) is 3. The number of amides is 2. The predicted octanol–water partition coefficient (Wildman–Crippen LogP) is 2.73. The minimum atomic E-state index is -0.0233. The molecule has 0 unspecified atom stereocenters. The Bertz CT molecular complexity index is 684. The third-order valence-corrected chi connectivity index (χ3v) is 5.19. The first-order valence-electron chi connectivity index (χ1n) is 8.91. The highest BCUT2D eigenvalue weighted by Gasteiger charge is 2.27. The molecule has 0 bridgehead atoms. The average molecular weight is 344 g/mol. The maximum Gasteiger partial charge on any atom is 0.318 e. The fraction of sp³-hybridized carbons (Fsp3) is 0.526. The third-order valence-electron chi connectivity index (χ3n) is 5.19. The van der Waals surface area contributed by atoms with E-state index in [4.69, 9.17) is 4.42 Å². The Labute approximate surface area is 149 Å². The van der Waals surface area contributed by atoms with Crippen molar-refractivity contribution in [3.8, 4) is 0 Å². The number of piperidine rings is 1. The molecule has 2 aromatic heterocycles. The number of furan rings is 1. The van der Waals surface area contributed by atoms with E-state index in [9.17, 15) is 4.79 Å². The van der Waals surface area contributed by atoms with Gasteiger partial charge in [0.05, 0.1) is 19.4 Å². The van der Waals surface area contributed by atoms with Crippen LogP contribution in [0.25, 0.3) is 0 Å². The Kier molecular flexibility index (Phi) is 5.48. The van der Waals surface area contributed by atoms with Crippen LogP contribution >= 0.6 is 0 Å². The van der Waals surface area contributed by atoms with Crippen molar-refractivity contribution in [1.82, 2.24) is 19.7 Å². The SMILES string of the molecule is Cc1ccc(CNC(=O)N(Cc2ccco2)C2CCN(C)CC2)n1C. The van der Waals surface area contributed by atoms with E-state index in [0.29, 0.717) is 13.1 Å². The second kappa shape index (κ2) is 7.78. The van der Waals surface area contributed by atoms with Gasteiger partial charge < -0.3 is 24.1 Å². The minimum absolute atomic E-state index is 0.0233. The monoisotopic (exact) mass is 344 g/mol. The number of nitrogens with zero attached hydrogens (tertiary/aromatic N) is 3. The summed E-state index contributed by atoms with van der Waals surface area (Å²) in [5.74, 6) is 0.823. The number of rotatable bonds is 5. The number of aromatic nitrogens is 1. The highest BCUT2D eigenvalue weighted by molar-refractivity contribution is 5.74. The van der Waals surface area contributed by atoms with Gasteiger partial charge in [-0.05, 0) is 64.2 Å². The molecule has 2 aromatic rings. The summed E-state index contributed by atoms with van der Waals surface area (Å²) in [5.41, 5.74) is 2.29. The zero-order chi connectivity index (χ0) is 17.8. The summed E-state index contributed by atoms with van der Waals surface area (Å²) in [7, 11) is 4.15. The highest BCUT2D eigenvalue weighted by Crippen LogP contribution is 2.19. The van der Waals surface area contributed by atoms with E-state index < -0.39 is 0 Å². The molecule has 3 heterocycles. The van der Waals surface area contributed by atoms with Crippen LogP contribution in [0, 0.1) is 6.92 Å². The van der Waals surface area contributed by atoms with Crippen molar-refractivity contribution in [3.05, 3.63) is 47.7 Å². The lowest BCUT2D eigenvalue weighted by Gasteiger charge is -2.37. The molecule has 0 radical (unpaired) electrons. The lowest BCUT2D eigenvalue weighted by molar-refractivity contribution is 0.122. The van der Waals surface area contributed by atoms with E-state index >= 15 is 0 Å². The largest absolute Gasteiger partial charge is 0.467 e.